The van der Waals surface area contributed by atoms with Crippen LogP contribution in [0, 0.1) is 12.8 Å². The molecule has 1 aliphatic heterocycles. The van der Waals surface area contributed by atoms with Gasteiger partial charge in [-0.15, -0.1) is 0 Å². The summed E-state index contributed by atoms with van der Waals surface area (Å²) in [6, 6.07) is 6.09. The SMILES string of the molecule is Cc1c(C(=O)N[C@@H](CC(C)C)C(=O)N[C@H]2CCCCOCC2=O)oc2ccccc12. The highest BCUT2D eigenvalue weighted by molar-refractivity contribution is 6.01. The third-order valence-corrected chi connectivity index (χ3v) is 5.36. The maximum atomic E-state index is 13.0. The molecule has 2 heterocycles. The van der Waals surface area contributed by atoms with Gasteiger partial charge in [0.2, 0.25) is 5.91 Å². The Kier molecular flexibility index (Phi) is 7.26. The lowest BCUT2D eigenvalue weighted by molar-refractivity contribution is -0.132. The first kappa shape index (κ1) is 22.0. The number of nitrogens with one attached hydrogen (secondary N) is 2. The summed E-state index contributed by atoms with van der Waals surface area (Å²) in [7, 11) is 0. The van der Waals surface area contributed by atoms with E-state index in [4.69, 9.17) is 9.15 Å². The van der Waals surface area contributed by atoms with Crippen LogP contribution in [0.5, 0.6) is 0 Å². The molecule has 2 atom stereocenters. The number of carbonyl (C=O) groups is 3. The molecule has 2 aromatic rings. The fraction of sp³-hybridized carbons (Fsp3) is 0.522. The van der Waals surface area contributed by atoms with Gasteiger partial charge in [-0.1, -0.05) is 32.0 Å². The van der Waals surface area contributed by atoms with Gasteiger partial charge in [-0.3, -0.25) is 14.4 Å². The van der Waals surface area contributed by atoms with Crippen LogP contribution in [-0.2, 0) is 14.3 Å². The number of fused-ring (bicyclic) bond motifs is 1. The molecule has 7 nitrogen and oxygen atoms in total. The van der Waals surface area contributed by atoms with Crippen LogP contribution < -0.4 is 10.6 Å². The highest BCUT2D eigenvalue weighted by Crippen LogP contribution is 2.25. The lowest BCUT2D eigenvalue weighted by Gasteiger charge is -2.24. The van der Waals surface area contributed by atoms with Crippen molar-refractivity contribution in [3.05, 3.63) is 35.6 Å². The van der Waals surface area contributed by atoms with Crippen LogP contribution >= 0.6 is 0 Å². The van der Waals surface area contributed by atoms with Gasteiger partial charge in [0.05, 0.1) is 6.04 Å². The third kappa shape index (κ3) is 5.27. The normalized spacial score (nSPS) is 18.7. The Hall–Kier alpha value is -2.67. The molecule has 0 aliphatic carbocycles. The molecule has 7 heteroatoms. The van der Waals surface area contributed by atoms with Gasteiger partial charge in [0.15, 0.2) is 11.5 Å². The zero-order chi connectivity index (χ0) is 21.7. The fourth-order valence-electron chi connectivity index (χ4n) is 3.73. The lowest BCUT2D eigenvalue weighted by atomic mass is 10.0. The molecular formula is C23H30N2O5. The van der Waals surface area contributed by atoms with Crippen LogP contribution in [0.25, 0.3) is 11.0 Å². The lowest BCUT2D eigenvalue weighted by Crippen LogP contribution is -2.52. The predicted molar refractivity (Wildman–Crippen MR) is 113 cm³/mol. The van der Waals surface area contributed by atoms with E-state index in [2.05, 4.69) is 10.6 Å². The van der Waals surface area contributed by atoms with Gasteiger partial charge in [-0.05, 0) is 44.6 Å². The van der Waals surface area contributed by atoms with E-state index >= 15 is 0 Å². The van der Waals surface area contributed by atoms with Gasteiger partial charge in [-0.2, -0.15) is 0 Å². The number of Topliss-reactive ketones (excluding diaryl/α,β-unsaturated/α-hetero) is 1. The quantitative estimate of drug-likeness (QED) is 0.757. The Morgan fingerprint density at radius 2 is 1.97 bits per heavy atom. The second-order valence-electron chi connectivity index (χ2n) is 8.28. The standard InChI is InChI=1S/C23H30N2O5/c1-14(2)12-18(22(27)24-17-9-6-7-11-29-13-19(17)26)25-23(28)21-15(3)16-8-4-5-10-20(16)30-21/h4-5,8,10,14,17-18H,6-7,9,11-13H2,1-3H3,(H,24,27)(H,25,28)/t17-,18-/m0/s1. The molecule has 0 saturated carbocycles. The first-order valence-electron chi connectivity index (χ1n) is 10.6. The number of hydrogen-bond acceptors (Lipinski definition) is 5. The molecule has 0 radical (unpaired) electrons. The second-order valence-corrected chi connectivity index (χ2v) is 8.28. The van der Waals surface area contributed by atoms with Crippen LogP contribution in [0.4, 0.5) is 0 Å². The Morgan fingerprint density at radius 1 is 1.20 bits per heavy atom. The number of benzene rings is 1. The molecule has 162 valence electrons. The van der Waals surface area contributed by atoms with E-state index in [1.54, 1.807) is 6.07 Å². The molecule has 1 aliphatic rings. The number of para-hydroxylation sites is 1. The minimum absolute atomic E-state index is 0.00430. The Labute approximate surface area is 176 Å². The van der Waals surface area contributed by atoms with Crippen LogP contribution in [0.2, 0.25) is 0 Å². The summed E-state index contributed by atoms with van der Waals surface area (Å²) >= 11 is 0. The number of ether oxygens (including phenoxy) is 1. The summed E-state index contributed by atoms with van der Waals surface area (Å²) in [6.07, 6.45) is 2.69. The van der Waals surface area contributed by atoms with E-state index in [0.717, 1.165) is 23.8 Å². The fourth-order valence-corrected chi connectivity index (χ4v) is 3.73. The number of rotatable bonds is 6. The summed E-state index contributed by atoms with van der Waals surface area (Å²) in [5.41, 5.74) is 1.37. The van der Waals surface area contributed by atoms with Crippen molar-refractivity contribution in [2.75, 3.05) is 13.2 Å². The molecule has 0 bridgehead atoms. The van der Waals surface area contributed by atoms with Crippen LogP contribution in [-0.4, -0.2) is 42.9 Å². The maximum Gasteiger partial charge on any atom is 0.287 e. The van der Waals surface area contributed by atoms with E-state index in [9.17, 15) is 14.4 Å². The Morgan fingerprint density at radius 3 is 2.70 bits per heavy atom. The Bertz CT molecular complexity index is 917. The number of hydrogen-bond donors (Lipinski definition) is 2. The predicted octanol–water partition coefficient (Wildman–Crippen LogP) is 3.14. The van der Waals surface area contributed by atoms with Gasteiger partial charge in [0.25, 0.3) is 5.91 Å². The van der Waals surface area contributed by atoms with Gasteiger partial charge in [-0.25, -0.2) is 0 Å². The van der Waals surface area contributed by atoms with Crippen molar-refractivity contribution in [2.24, 2.45) is 5.92 Å². The van der Waals surface area contributed by atoms with Gasteiger partial charge < -0.3 is 19.8 Å². The van der Waals surface area contributed by atoms with Crippen LogP contribution in [0.3, 0.4) is 0 Å². The molecule has 2 N–H and O–H groups in total. The summed E-state index contributed by atoms with van der Waals surface area (Å²) in [5, 5.41) is 6.51. The smallest absolute Gasteiger partial charge is 0.287 e. The molecule has 3 rings (SSSR count). The van der Waals surface area contributed by atoms with Crippen molar-refractivity contribution in [3.63, 3.8) is 0 Å². The number of aryl methyl sites for hydroxylation is 1. The molecule has 30 heavy (non-hydrogen) atoms. The number of ketones is 1. The maximum absolute atomic E-state index is 13.0. The zero-order valence-electron chi connectivity index (χ0n) is 17.8. The molecule has 1 aromatic heterocycles. The van der Waals surface area contributed by atoms with E-state index in [1.807, 2.05) is 39.0 Å². The second kappa shape index (κ2) is 9.89. The van der Waals surface area contributed by atoms with E-state index in [1.165, 1.54) is 0 Å². The zero-order valence-corrected chi connectivity index (χ0v) is 17.8. The highest BCUT2D eigenvalue weighted by atomic mass is 16.5. The molecule has 0 unspecified atom stereocenters. The molecule has 0 spiro atoms. The average molecular weight is 415 g/mol. The van der Waals surface area contributed by atoms with Crippen molar-refractivity contribution in [3.8, 4) is 0 Å². The summed E-state index contributed by atoms with van der Waals surface area (Å²) in [4.78, 5) is 38.2. The minimum Gasteiger partial charge on any atom is -0.451 e. The topological polar surface area (TPSA) is 97.6 Å². The van der Waals surface area contributed by atoms with Gasteiger partial charge >= 0.3 is 0 Å². The summed E-state index contributed by atoms with van der Waals surface area (Å²) in [6.45, 7) is 6.35. The van der Waals surface area contributed by atoms with E-state index in [0.29, 0.717) is 25.0 Å². The van der Waals surface area contributed by atoms with Gasteiger partial charge in [0.1, 0.15) is 18.2 Å². The molecule has 2 amide bonds. The highest BCUT2D eigenvalue weighted by Gasteiger charge is 2.29. The van der Waals surface area contributed by atoms with Crippen molar-refractivity contribution in [2.45, 2.75) is 58.5 Å². The van der Waals surface area contributed by atoms with Crippen molar-refractivity contribution >= 4 is 28.6 Å². The summed E-state index contributed by atoms with van der Waals surface area (Å²) < 4.78 is 11.0. The van der Waals surface area contributed by atoms with Crippen LogP contribution in [0.1, 0.15) is 55.6 Å². The number of carbonyl (C=O) groups excluding carboxylic acids is 3. The first-order valence-corrected chi connectivity index (χ1v) is 10.6. The molecule has 1 aromatic carbocycles. The average Bonchev–Trinajstić information content (AvgIpc) is 3.04. The Balaban J connectivity index is 1.74. The molecule has 1 fully saturated rings. The van der Waals surface area contributed by atoms with Crippen molar-refractivity contribution < 1.29 is 23.5 Å². The van der Waals surface area contributed by atoms with Crippen molar-refractivity contribution in [1.29, 1.82) is 0 Å². The first-order chi connectivity index (χ1) is 14.4. The third-order valence-electron chi connectivity index (χ3n) is 5.36. The molecule has 1 saturated heterocycles. The van der Waals surface area contributed by atoms with Crippen molar-refractivity contribution in [1.82, 2.24) is 10.6 Å². The minimum atomic E-state index is -0.760. The number of amides is 2. The van der Waals surface area contributed by atoms with E-state index < -0.39 is 18.0 Å². The molecular weight excluding hydrogens is 384 g/mol. The monoisotopic (exact) mass is 414 g/mol. The van der Waals surface area contributed by atoms with E-state index in [-0.39, 0.29) is 30.0 Å². The summed E-state index contributed by atoms with van der Waals surface area (Å²) in [5.74, 6) is -0.547. The van der Waals surface area contributed by atoms with Gasteiger partial charge in [0, 0.05) is 17.6 Å². The van der Waals surface area contributed by atoms with Crippen LogP contribution in [0.15, 0.2) is 28.7 Å². The number of furan rings is 1. The largest absolute Gasteiger partial charge is 0.451 e.